The number of hydrogen-bond acceptors (Lipinski definition) is 3. The Kier molecular flexibility index (Phi) is 18.6. The third kappa shape index (κ3) is 21.7. The van der Waals surface area contributed by atoms with Gasteiger partial charge in [0.15, 0.2) is 0 Å². The summed E-state index contributed by atoms with van der Waals surface area (Å²) in [6, 6.07) is 0. The molecule has 19 heavy (non-hydrogen) atoms. The van der Waals surface area contributed by atoms with Crippen LogP contribution in [0.4, 0.5) is 0 Å². The van der Waals surface area contributed by atoms with Crippen molar-refractivity contribution in [1.29, 1.82) is 0 Å². The van der Waals surface area contributed by atoms with E-state index in [-0.39, 0.29) is 34.6 Å². The van der Waals surface area contributed by atoms with Crippen molar-refractivity contribution in [2.75, 3.05) is 10.8 Å². The molecule has 0 radical (unpaired) electrons. The maximum absolute atomic E-state index is 10.4. The number of hydrogen-bond donors (Lipinski definition) is 1. The van der Waals surface area contributed by atoms with Crippen molar-refractivity contribution in [3.05, 3.63) is 0 Å². The van der Waals surface area contributed by atoms with Gasteiger partial charge in [0.05, 0.1) is 0 Å². The molecule has 0 bridgehead atoms. The van der Waals surface area contributed by atoms with E-state index in [4.69, 9.17) is 4.55 Å². The van der Waals surface area contributed by atoms with Gasteiger partial charge in [-0.25, -0.2) is 0 Å². The van der Waals surface area contributed by atoms with Crippen molar-refractivity contribution in [3.8, 4) is 0 Å². The summed E-state index contributed by atoms with van der Waals surface area (Å²) >= 11 is 1.30. The van der Waals surface area contributed by atoms with Crippen molar-refractivity contribution in [2.24, 2.45) is 0 Å². The third-order valence-corrected chi connectivity index (χ3v) is 5.31. The summed E-state index contributed by atoms with van der Waals surface area (Å²) in [7, 11) is -3.77. The maximum atomic E-state index is 10.4. The molecule has 112 valence electrons. The van der Waals surface area contributed by atoms with Crippen LogP contribution in [0.3, 0.4) is 0 Å². The van der Waals surface area contributed by atoms with Crippen LogP contribution in [-0.2, 0) is 10.1 Å². The molecule has 0 aromatic heterocycles. The Morgan fingerprint density at radius 1 is 0.842 bits per heavy atom. The second kappa shape index (κ2) is 15.6. The van der Waals surface area contributed by atoms with E-state index in [0.717, 1.165) is 12.2 Å². The Hall–Kier alpha value is 1.26. The molecule has 0 rings (SSSR count). The first-order valence-electron chi connectivity index (χ1n) is 7.09. The van der Waals surface area contributed by atoms with Crippen LogP contribution in [0.25, 0.3) is 0 Å². The quantitative estimate of drug-likeness (QED) is 0.318. The third-order valence-electron chi connectivity index (χ3n) is 2.87. The molecule has 0 unspecified atom stereocenters. The van der Waals surface area contributed by atoms with Crippen molar-refractivity contribution < 1.29 is 13.0 Å². The van der Waals surface area contributed by atoms with Crippen LogP contribution >= 0.6 is 11.8 Å². The Labute approximate surface area is 145 Å². The molecule has 0 heterocycles. The van der Waals surface area contributed by atoms with Crippen LogP contribution in [-0.4, -0.2) is 53.4 Å². The average Bonchev–Trinajstić information content (AvgIpc) is 2.29. The van der Waals surface area contributed by atoms with Gasteiger partial charge < -0.3 is 0 Å². The molecule has 0 aromatic rings. The van der Waals surface area contributed by atoms with Crippen LogP contribution in [0.5, 0.6) is 0 Å². The Bertz CT molecular complexity index is 269. The molecule has 0 aliphatic heterocycles. The second-order valence-electron chi connectivity index (χ2n) is 4.79. The van der Waals surface area contributed by atoms with Crippen LogP contribution in [0.15, 0.2) is 0 Å². The number of thioether (sulfide) groups is 1. The Morgan fingerprint density at radius 2 is 1.26 bits per heavy atom. The molecule has 0 amide bonds. The topological polar surface area (TPSA) is 54.4 Å². The first-order chi connectivity index (χ1) is 8.56. The van der Waals surface area contributed by atoms with Gasteiger partial charge in [0.2, 0.25) is 0 Å². The van der Waals surface area contributed by atoms with Gasteiger partial charge in [-0.1, -0.05) is 64.7 Å². The van der Waals surface area contributed by atoms with Crippen molar-refractivity contribution in [2.45, 2.75) is 71.1 Å². The normalized spacial score (nSPS) is 11.3. The molecule has 0 saturated carbocycles. The van der Waals surface area contributed by atoms with E-state index < -0.39 is 10.1 Å². The van der Waals surface area contributed by atoms with Crippen LogP contribution < -0.4 is 0 Å². The SMILES string of the molecule is CCCCCCCCCCCCSCS(=O)(=O)O.[NaH]. The Morgan fingerprint density at radius 3 is 1.68 bits per heavy atom. The van der Waals surface area contributed by atoms with E-state index in [2.05, 4.69) is 6.92 Å². The average molecular weight is 320 g/mol. The zero-order chi connectivity index (χ0) is 13.7. The van der Waals surface area contributed by atoms with E-state index in [0.29, 0.717) is 0 Å². The van der Waals surface area contributed by atoms with Crippen molar-refractivity contribution >= 4 is 51.4 Å². The van der Waals surface area contributed by atoms with Crippen LogP contribution in [0.1, 0.15) is 71.1 Å². The molecule has 0 spiro atoms. The molecule has 0 fully saturated rings. The fourth-order valence-corrected chi connectivity index (χ4v) is 3.58. The van der Waals surface area contributed by atoms with Gasteiger partial charge >= 0.3 is 29.6 Å². The molecule has 0 aliphatic carbocycles. The van der Waals surface area contributed by atoms with E-state index in [9.17, 15) is 8.42 Å². The molecule has 3 nitrogen and oxygen atoms in total. The fraction of sp³-hybridized carbons (Fsp3) is 1.00. The summed E-state index contributed by atoms with van der Waals surface area (Å²) in [5, 5.41) is -0.162. The van der Waals surface area contributed by atoms with E-state index in [1.165, 1.54) is 69.5 Å². The number of rotatable bonds is 13. The van der Waals surface area contributed by atoms with Crippen molar-refractivity contribution in [1.82, 2.24) is 0 Å². The molecule has 0 atom stereocenters. The number of unbranched alkanes of at least 4 members (excludes halogenated alkanes) is 9. The fourth-order valence-electron chi connectivity index (χ4n) is 1.86. The molecule has 0 aliphatic rings. The molecule has 6 heteroatoms. The summed E-state index contributed by atoms with van der Waals surface area (Å²) in [6.07, 6.45) is 12.9. The molecule has 1 N–H and O–H groups in total. The van der Waals surface area contributed by atoms with Gasteiger partial charge in [-0.3, -0.25) is 4.55 Å². The minimum absolute atomic E-state index is 0. The zero-order valence-corrected chi connectivity index (χ0v) is 13.2. The zero-order valence-electron chi connectivity index (χ0n) is 11.6. The summed E-state index contributed by atoms with van der Waals surface area (Å²) in [4.78, 5) is 0. The standard InChI is InChI=1S/C13H28O3S2.Na.H/c1-2-3-4-5-6-7-8-9-10-11-12-17-13-18(14,15)16;;/h2-13H2,1H3,(H,14,15,16);;. The summed E-state index contributed by atoms with van der Waals surface area (Å²) in [6.45, 7) is 2.24. The van der Waals surface area contributed by atoms with Crippen LogP contribution in [0, 0.1) is 0 Å². The molecule has 0 saturated heterocycles. The summed E-state index contributed by atoms with van der Waals surface area (Å²) in [5.41, 5.74) is 0. The summed E-state index contributed by atoms with van der Waals surface area (Å²) < 4.78 is 29.4. The second-order valence-corrected chi connectivity index (χ2v) is 7.71. The minimum atomic E-state index is -3.77. The van der Waals surface area contributed by atoms with E-state index >= 15 is 0 Å². The van der Waals surface area contributed by atoms with Gasteiger partial charge in [0.1, 0.15) is 5.08 Å². The molecule has 0 aromatic carbocycles. The van der Waals surface area contributed by atoms with Gasteiger partial charge in [-0.15, -0.1) is 11.8 Å². The Balaban J connectivity index is 0. The summed E-state index contributed by atoms with van der Waals surface area (Å²) in [5.74, 6) is 0.830. The van der Waals surface area contributed by atoms with Crippen LogP contribution in [0.2, 0.25) is 0 Å². The van der Waals surface area contributed by atoms with Crippen molar-refractivity contribution in [3.63, 3.8) is 0 Å². The predicted octanol–water partition coefficient (Wildman–Crippen LogP) is 3.84. The van der Waals surface area contributed by atoms with Gasteiger partial charge in [0, 0.05) is 0 Å². The van der Waals surface area contributed by atoms with Gasteiger partial charge in [0.25, 0.3) is 10.1 Å². The first-order valence-corrected chi connectivity index (χ1v) is 9.85. The van der Waals surface area contributed by atoms with Gasteiger partial charge in [-0.05, 0) is 12.2 Å². The monoisotopic (exact) mass is 320 g/mol. The van der Waals surface area contributed by atoms with Gasteiger partial charge in [-0.2, -0.15) is 8.42 Å². The van der Waals surface area contributed by atoms with E-state index in [1.807, 2.05) is 0 Å². The predicted molar refractivity (Wildman–Crippen MR) is 87.9 cm³/mol. The first kappa shape index (κ1) is 22.5. The molecular weight excluding hydrogens is 291 g/mol. The van der Waals surface area contributed by atoms with E-state index in [1.54, 1.807) is 0 Å². The molecular formula is C13H29NaO3S2.